The van der Waals surface area contributed by atoms with Gasteiger partial charge in [-0.2, -0.15) is 0 Å². The van der Waals surface area contributed by atoms with Crippen molar-refractivity contribution in [3.05, 3.63) is 72.9 Å². The molecule has 1 atom stereocenters. The summed E-state index contributed by atoms with van der Waals surface area (Å²) in [6.07, 6.45) is 89.2. The molecule has 6 heteroatoms. The van der Waals surface area contributed by atoms with Crippen molar-refractivity contribution in [2.24, 2.45) is 0 Å². The lowest BCUT2D eigenvalue weighted by Crippen LogP contribution is -2.30. The van der Waals surface area contributed by atoms with Gasteiger partial charge in [0.05, 0.1) is 0 Å². The number of allylic oxidation sites excluding steroid dienone is 12. The molecule has 0 aliphatic rings. The number of unbranched alkanes of at least 4 members (excludes halogenated alkanes) is 41. The lowest BCUT2D eigenvalue weighted by Gasteiger charge is -2.18. The fourth-order valence-corrected chi connectivity index (χ4v) is 10.2. The Bertz CT molecular complexity index is 1470. The molecular weight excluding hydrogens is 985 g/mol. The van der Waals surface area contributed by atoms with Crippen LogP contribution in [0, 0.1) is 0 Å². The van der Waals surface area contributed by atoms with Crippen molar-refractivity contribution >= 4 is 17.9 Å². The maximum Gasteiger partial charge on any atom is 0.306 e. The summed E-state index contributed by atoms with van der Waals surface area (Å²) in [7, 11) is 0. The van der Waals surface area contributed by atoms with E-state index in [1.54, 1.807) is 0 Å². The Kier molecular flexibility index (Phi) is 65.7. The van der Waals surface area contributed by atoms with E-state index in [0.29, 0.717) is 19.3 Å². The minimum Gasteiger partial charge on any atom is -0.462 e. The van der Waals surface area contributed by atoms with E-state index in [1.165, 1.54) is 218 Å². The van der Waals surface area contributed by atoms with Crippen LogP contribution in [0.15, 0.2) is 72.9 Å². The number of carbonyl (C=O) groups excluding carboxylic acids is 3. The molecule has 0 bridgehead atoms. The normalized spacial score (nSPS) is 12.5. The molecule has 0 heterocycles. The Hall–Kier alpha value is -3.15. The van der Waals surface area contributed by atoms with Gasteiger partial charge in [0.25, 0.3) is 0 Å². The third-order valence-electron chi connectivity index (χ3n) is 15.4. The second-order valence-electron chi connectivity index (χ2n) is 23.4. The van der Waals surface area contributed by atoms with Gasteiger partial charge < -0.3 is 14.2 Å². The SMILES string of the molecule is CC/C=C\C/C=C\C/C=C\CCCCCCCCCC(=O)OCC(COC(=O)CCCCCCCCCC/C=C\C/C=C\C/C=C\CCCCCCC)OC(=O)CCCCCCCCCCCCCCCCCCCCCCCC. The zero-order valence-electron chi connectivity index (χ0n) is 53.3. The molecule has 0 aromatic rings. The van der Waals surface area contributed by atoms with Crippen molar-refractivity contribution in [2.75, 3.05) is 13.2 Å². The van der Waals surface area contributed by atoms with Gasteiger partial charge in [-0.05, 0) is 89.9 Å². The second-order valence-corrected chi connectivity index (χ2v) is 23.4. The summed E-state index contributed by atoms with van der Waals surface area (Å²) in [4.78, 5) is 38.5. The molecule has 0 rings (SSSR count). The monoisotopic (exact) mass is 1120 g/mol. The van der Waals surface area contributed by atoms with E-state index >= 15 is 0 Å². The van der Waals surface area contributed by atoms with Gasteiger partial charge in [-0.25, -0.2) is 0 Å². The maximum absolute atomic E-state index is 13.0. The Balaban J connectivity index is 4.35. The summed E-state index contributed by atoms with van der Waals surface area (Å²) in [5, 5.41) is 0. The van der Waals surface area contributed by atoms with Crippen molar-refractivity contribution in [3.8, 4) is 0 Å². The van der Waals surface area contributed by atoms with Crippen LogP contribution in [0.1, 0.15) is 361 Å². The molecule has 0 aromatic heterocycles. The summed E-state index contributed by atoms with van der Waals surface area (Å²) >= 11 is 0. The van der Waals surface area contributed by atoms with E-state index in [4.69, 9.17) is 14.2 Å². The zero-order valence-corrected chi connectivity index (χ0v) is 53.3. The molecule has 0 aromatic carbocycles. The van der Waals surface area contributed by atoms with Gasteiger partial charge in [0.2, 0.25) is 0 Å². The van der Waals surface area contributed by atoms with E-state index < -0.39 is 6.10 Å². The smallest absolute Gasteiger partial charge is 0.306 e. The molecule has 0 amide bonds. The highest BCUT2D eigenvalue weighted by molar-refractivity contribution is 5.71. The molecule has 464 valence electrons. The van der Waals surface area contributed by atoms with Crippen LogP contribution in [0.5, 0.6) is 0 Å². The highest BCUT2D eigenvalue weighted by atomic mass is 16.6. The first-order valence-electron chi connectivity index (χ1n) is 34.9. The molecule has 0 saturated heterocycles. The predicted molar refractivity (Wildman–Crippen MR) is 348 cm³/mol. The molecule has 80 heavy (non-hydrogen) atoms. The Morgan fingerprint density at radius 2 is 0.487 bits per heavy atom. The highest BCUT2D eigenvalue weighted by Gasteiger charge is 2.19. The molecule has 0 fully saturated rings. The van der Waals surface area contributed by atoms with Crippen molar-refractivity contribution in [1.82, 2.24) is 0 Å². The standard InChI is InChI=1S/C74H132O6/c1-4-7-10-13-16-19-22-25-28-31-33-35-37-39-40-43-46-49-52-55-58-61-64-67-73(76)79-70-71(69-78-72(75)66-63-60-57-54-51-48-45-42-30-27-24-21-18-15-12-9-6-3)80-74(77)68-65-62-59-56-53-50-47-44-41-38-36-34-32-29-26-23-20-17-14-11-8-5-2/h9,12,18,21-22,25,27,30-31,33,37,39,71H,4-8,10-11,13-17,19-20,23-24,26,28-29,32,34-36,38,40-70H2,1-3H3/b12-9-,21-18-,25-22-,30-27-,33-31-,39-37-. The Morgan fingerprint density at radius 3 is 0.762 bits per heavy atom. The van der Waals surface area contributed by atoms with E-state index in [9.17, 15) is 14.4 Å². The first kappa shape index (κ1) is 76.9. The molecule has 0 aliphatic carbocycles. The van der Waals surface area contributed by atoms with Crippen LogP contribution in [-0.2, 0) is 28.6 Å². The van der Waals surface area contributed by atoms with Crippen molar-refractivity contribution < 1.29 is 28.6 Å². The molecule has 0 spiro atoms. The molecule has 0 aliphatic heterocycles. The van der Waals surface area contributed by atoms with Gasteiger partial charge >= 0.3 is 17.9 Å². The van der Waals surface area contributed by atoms with Crippen molar-refractivity contribution in [2.45, 2.75) is 367 Å². The van der Waals surface area contributed by atoms with Gasteiger partial charge in [-0.3, -0.25) is 14.4 Å². The molecule has 6 nitrogen and oxygen atoms in total. The average molecular weight is 1120 g/mol. The Morgan fingerprint density at radius 1 is 0.263 bits per heavy atom. The van der Waals surface area contributed by atoms with E-state index in [0.717, 1.165) is 103 Å². The lowest BCUT2D eigenvalue weighted by molar-refractivity contribution is -0.167. The van der Waals surface area contributed by atoms with Gasteiger partial charge in [0.1, 0.15) is 13.2 Å². The summed E-state index contributed by atoms with van der Waals surface area (Å²) in [6.45, 7) is 6.56. The van der Waals surface area contributed by atoms with Gasteiger partial charge in [0, 0.05) is 19.3 Å². The summed E-state index contributed by atoms with van der Waals surface area (Å²) in [5.41, 5.74) is 0. The number of esters is 3. The number of hydrogen-bond acceptors (Lipinski definition) is 6. The number of rotatable bonds is 64. The molecule has 0 saturated carbocycles. The minimum absolute atomic E-state index is 0.0795. The molecule has 1 unspecified atom stereocenters. The quantitative estimate of drug-likeness (QED) is 0.0261. The average Bonchev–Trinajstić information content (AvgIpc) is 3.46. The van der Waals surface area contributed by atoms with Gasteiger partial charge in [-0.1, -0.05) is 325 Å². The lowest BCUT2D eigenvalue weighted by atomic mass is 10.0. The largest absolute Gasteiger partial charge is 0.462 e. The van der Waals surface area contributed by atoms with E-state index in [2.05, 4.69) is 93.7 Å². The fraction of sp³-hybridized carbons (Fsp3) is 0.797. The van der Waals surface area contributed by atoms with Crippen LogP contribution in [0.25, 0.3) is 0 Å². The topological polar surface area (TPSA) is 78.9 Å². The first-order chi connectivity index (χ1) is 39.5. The van der Waals surface area contributed by atoms with Crippen LogP contribution in [-0.4, -0.2) is 37.2 Å². The highest BCUT2D eigenvalue weighted by Crippen LogP contribution is 2.18. The van der Waals surface area contributed by atoms with Crippen LogP contribution in [0.3, 0.4) is 0 Å². The predicted octanol–water partition coefficient (Wildman–Crippen LogP) is 24.1. The van der Waals surface area contributed by atoms with Crippen LogP contribution in [0.4, 0.5) is 0 Å². The number of hydrogen-bond donors (Lipinski definition) is 0. The molecular formula is C74H132O6. The fourth-order valence-electron chi connectivity index (χ4n) is 10.2. The van der Waals surface area contributed by atoms with Crippen LogP contribution >= 0.6 is 0 Å². The molecule has 0 radical (unpaired) electrons. The van der Waals surface area contributed by atoms with Gasteiger partial charge in [-0.15, -0.1) is 0 Å². The molecule has 0 N–H and O–H groups in total. The maximum atomic E-state index is 13.0. The van der Waals surface area contributed by atoms with E-state index in [-0.39, 0.29) is 31.1 Å². The zero-order chi connectivity index (χ0) is 57.8. The minimum atomic E-state index is -0.784. The van der Waals surface area contributed by atoms with Crippen LogP contribution in [0.2, 0.25) is 0 Å². The number of carbonyl (C=O) groups is 3. The summed E-state index contributed by atoms with van der Waals surface area (Å²) in [6, 6.07) is 0. The second kappa shape index (κ2) is 68.3. The van der Waals surface area contributed by atoms with Crippen LogP contribution < -0.4 is 0 Å². The summed E-state index contributed by atoms with van der Waals surface area (Å²) in [5.74, 6) is -0.874. The van der Waals surface area contributed by atoms with Crippen molar-refractivity contribution in [3.63, 3.8) is 0 Å². The Labute approximate surface area is 497 Å². The third kappa shape index (κ3) is 65.7. The van der Waals surface area contributed by atoms with E-state index in [1.807, 2.05) is 0 Å². The third-order valence-corrected chi connectivity index (χ3v) is 15.4. The summed E-state index contributed by atoms with van der Waals surface area (Å²) < 4.78 is 17.0. The van der Waals surface area contributed by atoms with Crippen molar-refractivity contribution in [1.29, 1.82) is 0 Å². The number of ether oxygens (including phenoxy) is 3. The first-order valence-corrected chi connectivity index (χ1v) is 34.9. The van der Waals surface area contributed by atoms with Gasteiger partial charge in [0.15, 0.2) is 6.10 Å².